The van der Waals surface area contributed by atoms with Gasteiger partial charge in [0.1, 0.15) is 11.8 Å². The third kappa shape index (κ3) is 2.02. The number of fused-ring (bicyclic) bond motifs is 1. The van der Waals surface area contributed by atoms with Gasteiger partial charge in [0.25, 0.3) is 0 Å². The Labute approximate surface area is 123 Å². The third-order valence-corrected chi connectivity index (χ3v) is 5.14. The van der Waals surface area contributed by atoms with Gasteiger partial charge in [0.05, 0.1) is 11.6 Å². The fourth-order valence-corrected chi connectivity index (χ4v) is 3.93. The lowest BCUT2D eigenvalue weighted by Gasteiger charge is -2.21. The Bertz CT molecular complexity index is 612. The number of nitrogens with one attached hydrogen (secondary N) is 1. The lowest BCUT2D eigenvalue weighted by Crippen LogP contribution is -2.22. The molecule has 0 aliphatic heterocycles. The first-order chi connectivity index (χ1) is 9.67. The van der Waals surface area contributed by atoms with E-state index in [1.165, 1.54) is 18.3 Å². The molecule has 0 radical (unpaired) electrons. The molecule has 1 N–H and O–H groups in total. The number of halogens is 1. The molecule has 0 unspecified atom stereocenters. The van der Waals surface area contributed by atoms with Gasteiger partial charge < -0.3 is 9.72 Å². The van der Waals surface area contributed by atoms with Crippen molar-refractivity contribution >= 4 is 22.6 Å². The third-order valence-electron chi connectivity index (χ3n) is 4.86. The number of hydrogen-bond donors (Lipinski definition) is 1. The SMILES string of the molecule is CC[C@H]1C[C@@H](c2c[nH]c3c(Cl)ncnc23)[C@H](OC)[C@@H]1C. The number of ether oxygens (including phenoxy) is 1. The predicted molar refractivity (Wildman–Crippen MR) is 80.0 cm³/mol. The average Bonchev–Trinajstić information content (AvgIpc) is 3.00. The van der Waals surface area contributed by atoms with Crippen LogP contribution in [0.15, 0.2) is 12.5 Å². The van der Waals surface area contributed by atoms with Crippen LogP contribution >= 0.6 is 11.6 Å². The fourth-order valence-electron chi connectivity index (χ4n) is 3.74. The first-order valence-electron chi connectivity index (χ1n) is 7.17. The minimum absolute atomic E-state index is 0.243. The molecule has 0 saturated heterocycles. The molecule has 0 amide bonds. The zero-order valence-corrected chi connectivity index (χ0v) is 12.8. The van der Waals surface area contributed by atoms with Crippen molar-refractivity contribution in [2.75, 3.05) is 7.11 Å². The van der Waals surface area contributed by atoms with Crippen LogP contribution in [0.1, 0.15) is 38.2 Å². The number of aromatic nitrogens is 3. The number of rotatable bonds is 3. The van der Waals surface area contributed by atoms with Gasteiger partial charge in [-0.15, -0.1) is 0 Å². The highest BCUT2D eigenvalue weighted by atomic mass is 35.5. The van der Waals surface area contributed by atoms with E-state index in [9.17, 15) is 0 Å². The number of methoxy groups -OCH3 is 1. The van der Waals surface area contributed by atoms with E-state index < -0.39 is 0 Å². The van der Waals surface area contributed by atoms with Crippen LogP contribution in [0.2, 0.25) is 5.15 Å². The van der Waals surface area contributed by atoms with Crippen LogP contribution in [0.25, 0.3) is 11.0 Å². The second-order valence-electron chi connectivity index (χ2n) is 5.70. The van der Waals surface area contributed by atoms with E-state index in [0.717, 1.165) is 17.5 Å². The van der Waals surface area contributed by atoms with E-state index in [4.69, 9.17) is 16.3 Å². The van der Waals surface area contributed by atoms with Crippen molar-refractivity contribution in [2.24, 2.45) is 11.8 Å². The van der Waals surface area contributed by atoms with E-state index in [-0.39, 0.29) is 6.10 Å². The molecular weight excluding hydrogens is 274 g/mol. The van der Waals surface area contributed by atoms with E-state index >= 15 is 0 Å². The Morgan fingerprint density at radius 2 is 2.25 bits per heavy atom. The first-order valence-corrected chi connectivity index (χ1v) is 7.55. The molecule has 1 aliphatic rings. The molecule has 4 atom stereocenters. The Morgan fingerprint density at radius 3 is 2.95 bits per heavy atom. The highest BCUT2D eigenvalue weighted by Gasteiger charge is 2.41. The van der Waals surface area contributed by atoms with Crippen molar-refractivity contribution in [2.45, 2.75) is 38.7 Å². The first kappa shape index (κ1) is 13.8. The van der Waals surface area contributed by atoms with Gasteiger partial charge in [-0.2, -0.15) is 0 Å². The van der Waals surface area contributed by atoms with Gasteiger partial charge in [0.15, 0.2) is 5.15 Å². The van der Waals surface area contributed by atoms with Crippen molar-refractivity contribution in [1.29, 1.82) is 0 Å². The van der Waals surface area contributed by atoms with Gasteiger partial charge in [-0.05, 0) is 18.3 Å². The van der Waals surface area contributed by atoms with Gasteiger partial charge in [0.2, 0.25) is 0 Å². The number of aromatic amines is 1. The molecule has 2 heterocycles. The van der Waals surface area contributed by atoms with E-state index in [1.54, 1.807) is 0 Å². The predicted octanol–water partition coefficient (Wildman–Crippen LogP) is 3.78. The summed E-state index contributed by atoms with van der Waals surface area (Å²) < 4.78 is 5.78. The van der Waals surface area contributed by atoms with Gasteiger partial charge in [-0.1, -0.05) is 31.9 Å². The molecule has 1 aliphatic carbocycles. The molecule has 4 nitrogen and oxygen atoms in total. The Balaban J connectivity index is 2.04. The smallest absolute Gasteiger partial charge is 0.156 e. The van der Waals surface area contributed by atoms with Crippen LogP contribution in [-0.4, -0.2) is 28.2 Å². The summed E-state index contributed by atoms with van der Waals surface area (Å²) in [6.45, 7) is 4.55. The highest BCUT2D eigenvalue weighted by Crippen LogP contribution is 2.46. The van der Waals surface area contributed by atoms with Gasteiger partial charge in [-0.25, -0.2) is 9.97 Å². The van der Waals surface area contributed by atoms with Crippen LogP contribution in [0.3, 0.4) is 0 Å². The molecule has 5 heteroatoms. The molecular formula is C15H20ClN3O. The van der Waals surface area contributed by atoms with Crippen LogP contribution in [-0.2, 0) is 4.74 Å². The van der Waals surface area contributed by atoms with Crippen LogP contribution in [0, 0.1) is 11.8 Å². The maximum Gasteiger partial charge on any atom is 0.156 e. The van der Waals surface area contributed by atoms with Crippen molar-refractivity contribution in [3.63, 3.8) is 0 Å². The van der Waals surface area contributed by atoms with Crippen molar-refractivity contribution in [3.8, 4) is 0 Å². The Kier molecular flexibility index (Phi) is 3.69. The zero-order valence-electron chi connectivity index (χ0n) is 12.1. The maximum atomic E-state index is 6.12. The Hall–Kier alpha value is -1.13. The molecule has 2 aromatic rings. The molecule has 0 bridgehead atoms. The van der Waals surface area contributed by atoms with Crippen LogP contribution in [0.5, 0.6) is 0 Å². The largest absolute Gasteiger partial charge is 0.381 e. The summed E-state index contributed by atoms with van der Waals surface area (Å²) in [4.78, 5) is 11.6. The zero-order chi connectivity index (χ0) is 14.3. The molecule has 1 fully saturated rings. The van der Waals surface area contributed by atoms with E-state index in [0.29, 0.717) is 22.9 Å². The minimum Gasteiger partial charge on any atom is -0.381 e. The summed E-state index contributed by atoms with van der Waals surface area (Å²) in [5.74, 6) is 1.64. The quantitative estimate of drug-likeness (QED) is 0.876. The summed E-state index contributed by atoms with van der Waals surface area (Å²) in [5, 5.41) is 0.480. The second kappa shape index (κ2) is 5.34. The molecule has 20 heavy (non-hydrogen) atoms. The normalized spacial score (nSPS) is 30.2. The standard InChI is InChI=1S/C15H20ClN3O/c1-4-9-5-10(14(20-3)8(9)2)11-6-17-13-12(11)18-7-19-15(13)16/h6-10,14,17H,4-5H2,1-3H3/t8-,9+,10+,14-/m1/s1. The molecule has 3 rings (SSSR count). The second-order valence-corrected chi connectivity index (χ2v) is 6.06. The maximum absolute atomic E-state index is 6.12. The van der Waals surface area contributed by atoms with Crippen LogP contribution < -0.4 is 0 Å². The monoisotopic (exact) mass is 293 g/mol. The minimum atomic E-state index is 0.243. The summed E-state index contributed by atoms with van der Waals surface area (Å²) in [7, 11) is 1.81. The molecule has 108 valence electrons. The van der Waals surface area contributed by atoms with Gasteiger partial charge >= 0.3 is 0 Å². The lowest BCUT2D eigenvalue weighted by molar-refractivity contribution is 0.0568. The van der Waals surface area contributed by atoms with E-state index in [2.05, 4.69) is 28.8 Å². The number of nitrogens with zero attached hydrogens (tertiary/aromatic N) is 2. The summed E-state index contributed by atoms with van der Waals surface area (Å²) >= 11 is 6.12. The summed E-state index contributed by atoms with van der Waals surface area (Å²) in [6, 6.07) is 0. The van der Waals surface area contributed by atoms with Gasteiger partial charge in [0, 0.05) is 24.8 Å². The lowest BCUT2D eigenvalue weighted by atomic mass is 9.94. The topological polar surface area (TPSA) is 50.8 Å². The molecule has 1 saturated carbocycles. The molecule has 0 aromatic carbocycles. The molecule has 2 aromatic heterocycles. The van der Waals surface area contributed by atoms with Crippen molar-refractivity contribution in [1.82, 2.24) is 15.0 Å². The van der Waals surface area contributed by atoms with Crippen LogP contribution in [0.4, 0.5) is 0 Å². The summed E-state index contributed by atoms with van der Waals surface area (Å²) in [5.41, 5.74) is 2.96. The number of hydrogen-bond acceptors (Lipinski definition) is 3. The van der Waals surface area contributed by atoms with Crippen molar-refractivity contribution < 1.29 is 4.74 Å². The summed E-state index contributed by atoms with van der Waals surface area (Å²) in [6.07, 6.45) is 6.12. The average molecular weight is 294 g/mol. The molecule has 0 spiro atoms. The highest BCUT2D eigenvalue weighted by molar-refractivity contribution is 6.33. The van der Waals surface area contributed by atoms with Crippen molar-refractivity contribution in [3.05, 3.63) is 23.2 Å². The van der Waals surface area contributed by atoms with E-state index in [1.807, 2.05) is 13.3 Å². The number of H-pyrrole nitrogens is 1. The Morgan fingerprint density at radius 1 is 1.45 bits per heavy atom. The fraction of sp³-hybridized carbons (Fsp3) is 0.600. The van der Waals surface area contributed by atoms with Gasteiger partial charge in [-0.3, -0.25) is 0 Å².